The number of hydrogen-bond donors (Lipinski definition) is 13. The quantitative estimate of drug-likeness (QED) is 0.0770. The molecular formula is C66H93N13O13. The summed E-state index contributed by atoms with van der Waals surface area (Å²) < 4.78 is 0. The standard InChI is InChI=1S/C66H93N13O13/c1-38(2)32-47-59(85)77-52(36-42-20-12-7-13-21-42)66(92)79-31-15-23-53(79)64(90)76-49(34-41-18-10-6-11-19-41)61(87)74-48(33-40-16-8-5-9-17-40)60(86)75-51(37-55(69)82)62(88)70-46(28-29-54(68)81)58(84)73-50(35-43-24-26-44(80)27-25-43)63(89)78-56(39(3)4)65(91)71-45(22-14-30-67)57(83)72-47/h5,7-9,12-13,16-17,20-21,24-27,38-39,41,45-53,56,80H,6,10-11,14-15,18-19,22-23,28-37,67H2,1-4H3,(H2,68,81)(H2,69,82)(H,70,88)(H,71,91)(H,72,83)(H,73,84)(H,74,87)(H,75,86)(H,76,90)(H,77,85)(H,78,89)/t45-,46-,47-,48+,49-,50-,51-,52+,53-,56-/m0/s1. The van der Waals surface area contributed by atoms with Gasteiger partial charge in [0.2, 0.25) is 70.9 Å². The molecule has 3 fully saturated rings. The highest BCUT2D eigenvalue weighted by atomic mass is 16.3. The van der Waals surface area contributed by atoms with Crippen LogP contribution in [-0.4, -0.2) is 154 Å². The van der Waals surface area contributed by atoms with E-state index in [0.29, 0.717) is 23.1 Å². The van der Waals surface area contributed by atoms with E-state index in [4.69, 9.17) is 17.2 Å². The summed E-state index contributed by atoms with van der Waals surface area (Å²) in [6, 6.07) is 8.86. The largest absolute Gasteiger partial charge is 0.508 e. The number of nitrogens with two attached hydrogens (primary N) is 3. The van der Waals surface area contributed by atoms with E-state index in [-0.39, 0.29) is 82.0 Å². The van der Waals surface area contributed by atoms with Crippen LogP contribution in [0.3, 0.4) is 0 Å². The first-order chi connectivity index (χ1) is 43.9. The van der Waals surface area contributed by atoms with Crippen molar-refractivity contribution in [2.75, 3.05) is 13.1 Å². The lowest BCUT2D eigenvalue weighted by molar-refractivity contribution is -0.142. The fourth-order valence-corrected chi connectivity index (χ4v) is 11.9. The fourth-order valence-electron chi connectivity index (χ4n) is 11.9. The van der Waals surface area contributed by atoms with Crippen molar-refractivity contribution in [3.8, 4) is 5.75 Å². The number of nitrogens with one attached hydrogen (secondary N) is 9. The van der Waals surface area contributed by atoms with Crippen LogP contribution in [0.2, 0.25) is 0 Å². The monoisotopic (exact) mass is 1280 g/mol. The van der Waals surface area contributed by atoms with Crippen molar-refractivity contribution >= 4 is 70.9 Å². The van der Waals surface area contributed by atoms with Gasteiger partial charge in [0.15, 0.2) is 0 Å². The van der Waals surface area contributed by atoms with Crippen molar-refractivity contribution in [2.24, 2.45) is 35.0 Å². The van der Waals surface area contributed by atoms with E-state index < -0.39 is 156 Å². The first-order valence-corrected chi connectivity index (χ1v) is 32.1. The Morgan fingerprint density at radius 3 is 1.50 bits per heavy atom. The Morgan fingerprint density at radius 2 is 0.946 bits per heavy atom. The van der Waals surface area contributed by atoms with E-state index in [9.17, 15) is 57.8 Å². The van der Waals surface area contributed by atoms with E-state index in [1.807, 2.05) is 13.8 Å². The molecule has 0 bridgehead atoms. The molecule has 0 radical (unpaired) electrons. The molecular weight excluding hydrogens is 1180 g/mol. The number of carbonyl (C=O) groups is 12. The first kappa shape index (κ1) is 72.1. The molecule has 0 unspecified atom stereocenters. The molecule has 2 aliphatic heterocycles. The van der Waals surface area contributed by atoms with E-state index in [1.54, 1.807) is 74.5 Å². The molecule has 3 aromatic rings. The molecule has 0 spiro atoms. The molecule has 26 heteroatoms. The van der Waals surface area contributed by atoms with Crippen molar-refractivity contribution in [1.29, 1.82) is 0 Å². The number of rotatable bonds is 19. The molecule has 1 aliphatic carbocycles. The number of fused-ring (bicyclic) bond motifs is 1. The third kappa shape index (κ3) is 22.5. The number of carbonyl (C=O) groups excluding carboxylic acids is 12. The summed E-state index contributed by atoms with van der Waals surface area (Å²) in [6.45, 7) is 7.12. The predicted molar refractivity (Wildman–Crippen MR) is 340 cm³/mol. The van der Waals surface area contributed by atoms with Gasteiger partial charge in [-0.25, -0.2) is 0 Å². The van der Waals surface area contributed by atoms with Gasteiger partial charge in [0.1, 0.15) is 66.2 Å². The maximum absolute atomic E-state index is 15.2. The molecule has 2 heterocycles. The average molecular weight is 1280 g/mol. The van der Waals surface area contributed by atoms with Gasteiger partial charge < -0.3 is 75.1 Å². The van der Waals surface area contributed by atoms with Crippen LogP contribution < -0.4 is 65.1 Å². The van der Waals surface area contributed by atoms with Crippen molar-refractivity contribution in [3.05, 3.63) is 102 Å². The van der Waals surface area contributed by atoms with Gasteiger partial charge in [-0.3, -0.25) is 57.5 Å². The zero-order valence-electron chi connectivity index (χ0n) is 53.0. The second kappa shape index (κ2) is 35.6. The number of phenols is 1. The summed E-state index contributed by atoms with van der Waals surface area (Å²) in [7, 11) is 0. The molecule has 2 saturated heterocycles. The van der Waals surface area contributed by atoms with Crippen LogP contribution in [0, 0.1) is 17.8 Å². The highest BCUT2D eigenvalue weighted by molar-refractivity contribution is 6.00. The minimum absolute atomic E-state index is 0.0181. The van der Waals surface area contributed by atoms with Crippen molar-refractivity contribution in [3.63, 3.8) is 0 Å². The van der Waals surface area contributed by atoms with E-state index in [0.717, 1.165) is 32.1 Å². The number of nitrogens with zero attached hydrogens (tertiary/aromatic N) is 1. The van der Waals surface area contributed by atoms with Crippen LogP contribution in [-0.2, 0) is 76.8 Å². The molecule has 10 atom stereocenters. The lowest BCUT2D eigenvalue weighted by atomic mass is 9.84. The Labute approximate surface area is 537 Å². The Bertz CT molecular complexity index is 3040. The third-order valence-corrected chi connectivity index (χ3v) is 16.9. The number of phenolic OH excluding ortho intramolecular Hbond substituents is 1. The smallest absolute Gasteiger partial charge is 0.246 e. The maximum atomic E-state index is 15.2. The minimum Gasteiger partial charge on any atom is -0.508 e. The van der Waals surface area contributed by atoms with Crippen molar-refractivity contribution in [2.45, 2.75) is 197 Å². The molecule has 16 N–H and O–H groups in total. The van der Waals surface area contributed by atoms with Crippen LogP contribution in [0.1, 0.15) is 134 Å². The van der Waals surface area contributed by atoms with Gasteiger partial charge in [0.25, 0.3) is 0 Å². The summed E-state index contributed by atoms with van der Waals surface area (Å²) in [5.41, 5.74) is 18.8. The lowest BCUT2D eigenvalue weighted by Crippen LogP contribution is -2.62. The van der Waals surface area contributed by atoms with Crippen LogP contribution in [0.5, 0.6) is 5.75 Å². The number of aromatic hydroxyl groups is 1. The summed E-state index contributed by atoms with van der Waals surface area (Å²) >= 11 is 0. The molecule has 12 amide bonds. The van der Waals surface area contributed by atoms with E-state index >= 15 is 4.79 Å². The van der Waals surface area contributed by atoms with Crippen molar-refractivity contribution in [1.82, 2.24) is 52.8 Å². The van der Waals surface area contributed by atoms with E-state index in [2.05, 4.69) is 47.9 Å². The van der Waals surface area contributed by atoms with Crippen LogP contribution >= 0.6 is 0 Å². The van der Waals surface area contributed by atoms with E-state index in [1.165, 1.54) is 29.2 Å². The molecule has 92 heavy (non-hydrogen) atoms. The number of benzene rings is 3. The molecule has 6 rings (SSSR count). The number of amides is 12. The second-order valence-electron chi connectivity index (χ2n) is 25.1. The Balaban J connectivity index is 1.46. The summed E-state index contributed by atoms with van der Waals surface area (Å²) in [6.07, 6.45) is 2.97. The van der Waals surface area contributed by atoms with Crippen molar-refractivity contribution < 1.29 is 62.6 Å². The average Bonchev–Trinajstić information content (AvgIpc) is 1.56. The van der Waals surface area contributed by atoms with Gasteiger partial charge in [-0.15, -0.1) is 0 Å². The van der Waals surface area contributed by atoms with Gasteiger partial charge >= 0.3 is 0 Å². The SMILES string of the molecule is CC(C)C[C@@H]1NC(=O)[C@H](CCCN)NC(=O)[C@H](C(C)C)NC(=O)[C@H](Cc2ccc(O)cc2)NC(=O)[C@H](CCC(N)=O)NC(=O)[C@H](CC(N)=O)NC(=O)[C@@H](Cc2ccccc2)NC(=O)[C@H](CC2CCCCC2)NC(=O)[C@@H]2CCCN2C(=O)[C@@H](Cc2ccccc2)NC1=O. The fraction of sp³-hybridized carbons (Fsp3) is 0.545. The minimum atomic E-state index is -1.82. The molecule has 500 valence electrons. The first-order valence-electron chi connectivity index (χ1n) is 32.1. The van der Waals surface area contributed by atoms with Gasteiger partial charge in [0, 0.05) is 32.2 Å². The zero-order valence-corrected chi connectivity index (χ0v) is 53.0. The summed E-state index contributed by atoms with van der Waals surface area (Å²) in [4.78, 5) is 174. The van der Waals surface area contributed by atoms with Crippen LogP contribution in [0.4, 0.5) is 0 Å². The molecule has 0 aromatic heterocycles. The van der Waals surface area contributed by atoms with Gasteiger partial charge in [-0.1, -0.05) is 133 Å². The summed E-state index contributed by atoms with van der Waals surface area (Å²) in [5.74, 6) is -11.4. The molecule has 1 saturated carbocycles. The van der Waals surface area contributed by atoms with Gasteiger partial charge in [0.05, 0.1) is 6.42 Å². The summed E-state index contributed by atoms with van der Waals surface area (Å²) in [5, 5.41) is 34.6. The zero-order chi connectivity index (χ0) is 67.0. The number of hydrogen-bond acceptors (Lipinski definition) is 14. The topological polar surface area (TPSA) is 415 Å². The normalized spacial score (nSPS) is 25.2. The molecule has 3 aliphatic rings. The van der Waals surface area contributed by atoms with Gasteiger partial charge in [-0.05, 0) is 98.1 Å². The highest BCUT2D eigenvalue weighted by Crippen LogP contribution is 2.29. The second-order valence-corrected chi connectivity index (χ2v) is 25.1. The van der Waals surface area contributed by atoms with Gasteiger partial charge in [-0.2, -0.15) is 0 Å². The van der Waals surface area contributed by atoms with Crippen LogP contribution in [0.15, 0.2) is 84.9 Å². The highest BCUT2D eigenvalue weighted by Gasteiger charge is 2.42. The Morgan fingerprint density at radius 1 is 0.489 bits per heavy atom. The van der Waals surface area contributed by atoms with Crippen LogP contribution in [0.25, 0.3) is 0 Å². The third-order valence-electron chi connectivity index (χ3n) is 16.9. The molecule has 26 nitrogen and oxygen atoms in total. The molecule has 3 aromatic carbocycles. The Kier molecular flexibility index (Phi) is 27.9. The predicted octanol–water partition coefficient (Wildman–Crippen LogP) is 0.340. The lowest BCUT2D eigenvalue weighted by Gasteiger charge is -2.32. The Hall–Kier alpha value is -8.94. The number of primary amides is 2. The maximum Gasteiger partial charge on any atom is 0.246 e.